The van der Waals surface area contributed by atoms with Crippen LogP contribution in [0, 0.1) is 0 Å². The van der Waals surface area contributed by atoms with Gasteiger partial charge in [0.25, 0.3) is 0 Å². The number of aromatic nitrogens is 1. The van der Waals surface area contributed by atoms with Crippen LogP contribution in [-0.4, -0.2) is 33.3 Å². The average Bonchev–Trinajstić information content (AvgIpc) is 3.01. The van der Waals surface area contributed by atoms with Gasteiger partial charge < -0.3 is 15.5 Å². The topological polar surface area (TPSA) is 82.5 Å². The van der Waals surface area contributed by atoms with Crippen molar-refractivity contribution in [3.63, 3.8) is 0 Å². The fraction of sp³-hybridized carbons (Fsp3) is 0.400. The number of aliphatic hydroxyl groups excluding tert-OH is 1. The van der Waals surface area contributed by atoms with Crippen LogP contribution in [0.3, 0.4) is 0 Å². The molecule has 1 aliphatic rings. The summed E-state index contributed by atoms with van der Waals surface area (Å²) in [6.07, 6.45) is 3.01. The molecule has 0 aliphatic heterocycles. The van der Waals surface area contributed by atoms with Crippen molar-refractivity contribution in [2.75, 3.05) is 11.9 Å². The Balaban J connectivity index is 2.23. The number of anilines is 1. The number of aromatic carboxylic acids is 1. The van der Waals surface area contributed by atoms with E-state index in [9.17, 15) is 4.79 Å². The Bertz CT molecular complexity index is 432. The zero-order valence-electron chi connectivity index (χ0n) is 8.40. The minimum atomic E-state index is -1.09. The molecule has 0 atom stereocenters. The Labute approximate surface area is 97.1 Å². The summed E-state index contributed by atoms with van der Waals surface area (Å²) in [4.78, 5) is 14.8. The minimum absolute atomic E-state index is 0.00732. The molecular formula is C10H11ClN2O3. The fourth-order valence-electron chi connectivity index (χ4n) is 1.42. The van der Waals surface area contributed by atoms with Gasteiger partial charge in [-0.25, -0.2) is 9.78 Å². The molecule has 1 fully saturated rings. The molecule has 86 valence electrons. The molecule has 0 saturated heterocycles. The largest absolute Gasteiger partial charge is 0.478 e. The van der Waals surface area contributed by atoms with Gasteiger partial charge in [0.15, 0.2) is 0 Å². The van der Waals surface area contributed by atoms with E-state index in [0.717, 1.165) is 12.8 Å². The van der Waals surface area contributed by atoms with Crippen molar-refractivity contribution < 1.29 is 15.0 Å². The number of hydrogen-bond acceptors (Lipinski definition) is 4. The van der Waals surface area contributed by atoms with E-state index < -0.39 is 5.97 Å². The second-order valence-corrected chi connectivity index (χ2v) is 4.33. The lowest BCUT2D eigenvalue weighted by atomic mass is 10.2. The summed E-state index contributed by atoms with van der Waals surface area (Å²) < 4.78 is 0. The van der Waals surface area contributed by atoms with Crippen LogP contribution in [0.5, 0.6) is 0 Å². The number of carbonyl (C=O) groups is 1. The van der Waals surface area contributed by atoms with E-state index in [1.54, 1.807) is 0 Å². The van der Waals surface area contributed by atoms with E-state index in [1.165, 1.54) is 12.3 Å². The first-order valence-corrected chi connectivity index (χ1v) is 5.22. The molecule has 0 aromatic carbocycles. The number of halogens is 1. The molecular weight excluding hydrogens is 232 g/mol. The van der Waals surface area contributed by atoms with Crippen LogP contribution in [0.2, 0.25) is 5.02 Å². The highest BCUT2D eigenvalue weighted by Crippen LogP contribution is 2.38. The molecule has 16 heavy (non-hydrogen) atoms. The quantitative estimate of drug-likeness (QED) is 0.743. The maximum atomic E-state index is 10.8. The molecule has 0 bridgehead atoms. The van der Waals surface area contributed by atoms with Gasteiger partial charge in [-0.2, -0.15) is 0 Å². The number of hydrogen-bond donors (Lipinski definition) is 3. The molecule has 0 spiro atoms. The number of nitrogens with one attached hydrogen (secondary N) is 1. The van der Waals surface area contributed by atoms with E-state index >= 15 is 0 Å². The molecule has 0 unspecified atom stereocenters. The Morgan fingerprint density at radius 2 is 2.31 bits per heavy atom. The molecule has 1 heterocycles. The van der Waals surface area contributed by atoms with Gasteiger partial charge in [0, 0.05) is 6.20 Å². The highest BCUT2D eigenvalue weighted by atomic mass is 35.5. The third-order valence-electron chi connectivity index (χ3n) is 2.64. The molecule has 2 rings (SSSR count). The van der Waals surface area contributed by atoms with Gasteiger partial charge in [-0.15, -0.1) is 0 Å². The summed E-state index contributed by atoms with van der Waals surface area (Å²) in [6, 6.07) is 1.38. The average molecular weight is 243 g/mol. The smallest absolute Gasteiger partial charge is 0.337 e. The normalized spacial score (nSPS) is 16.9. The Kier molecular flexibility index (Phi) is 2.73. The molecule has 1 aromatic heterocycles. The SMILES string of the molecule is O=C(O)c1cc(NC2(CO)CC2)ncc1Cl. The molecule has 3 N–H and O–H groups in total. The first kappa shape index (κ1) is 11.2. The summed E-state index contributed by atoms with van der Waals surface area (Å²) in [5.74, 6) is -0.669. The number of carboxylic acids is 1. The fourth-order valence-corrected chi connectivity index (χ4v) is 1.60. The van der Waals surface area contributed by atoms with Crippen molar-refractivity contribution in [1.29, 1.82) is 0 Å². The van der Waals surface area contributed by atoms with Gasteiger partial charge in [0.1, 0.15) is 5.82 Å². The van der Waals surface area contributed by atoms with Crippen LogP contribution in [0.25, 0.3) is 0 Å². The third kappa shape index (κ3) is 2.10. The number of nitrogens with zero attached hydrogens (tertiary/aromatic N) is 1. The molecule has 1 aliphatic carbocycles. The second-order valence-electron chi connectivity index (χ2n) is 3.92. The van der Waals surface area contributed by atoms with Gasteiger partial charge in [-0.1, -0.05) is 11.6 Å². The van der Waals surface area contributed by atoms with Crippen LogP contribution >= 0.6 is 11.6 Å². The van der Waals surface area contributed by atoms with Crippen LogP contribution in [0.15, 0.2) is 12.3 Å². The summed E-state index contributed by atoms with van der Waals surface area (Å²) in [5.41, 5.74) is -0.315. The summed E-state index contributed by atoms with van der Waals surface area (Å²) in [6.45, 7) is 0.0136. The highest BCUT2D eigenvalue weighted by molar-refractivity contribution is 6.33. The van der Waals surface area contributed by atoms with Crippen molar-refractivity contribution in [2.45, 2.75) is 18.4 Å². The summed E-state index contributed by atoms with van der Waals surface area (Å²) in [5, 5.41) is 21.1. The monoisotopic (exact) mass is 242 g/mol. The van der Waals surface area contributed by atoms with Crippen LogP contribution in [-0.2, 0) is 0 Å². The Morgan fingerprint density at radius 1 is 1.62 bits per heavy atom. The minimum Gasteiger partial charge on any atom is -0.478 e. The van der Waals surface area contributed by atoms with Crippen molar-refractivity contribution >= 4 is 23.4 Å². The lowest BCUT2D eigenvalue weighted by Gasteiger charge is -2.15. The zero-order valence-corrected chi connectivity index (χ0v) is 9.16. The maximum absolute atomic E-state index is 10.8. The van der Waals surface area contributed by atoms with E-state index in [0.29, 0.717) is 5.82 Å². The molecule has 1 aromatic rings. The first-order valence-electron chi connectivity index (χ1n) is 4.84. The lowest BCUT2D eigenvalue weighted by Crippen LogP contribution is -2.26. The van der Waals surface area contributed by atoms with Gasteiger partial charge in [0.05, 0.1) is 22.7 Å². The van der Waals surface area contributed by atoms with Gasteiger partial charge in [-0.05, 0) is 18.9 Å². The number of pyridine rings is 1. The van der Waals surface area contributed by atoms with Crippen LogP contribution in [0.4, 0.5) is 5.82 Å². The predicted octanol–water partition coefficient (Wildman–Crippen LogP) is 1.37. The van der Waals surface area contributed by atoms with Crippen LogP contribution in [0.1, 0.15) is 23.2 Å². The van der Waals surface area contributed by atoms with Crippen LogP contribution < -0.4 is 5.32 Å². The van der Waals surface area contributed by atoms with Crippen molar-refractivity contribution in [3.8, 4) is 0 Å². The van der Waals surface area contributed by atoms with E-state index in [1.807, 2.05) is 0 Å². The van der Waals surface area contributed by atoms with Gasteiger partial charge >= 0.3 is 5.97 Å². The summed E-state index contributed by atoms with van der Waals surface area (Å²) in [7, 11) is 0. The number of aliphatic hydroxyl groups is 1. The predicted molar refractivity (Wildman–Crippen MR) is 58.9 cm³/mol. The molecule has 0 radical (unpaired) electrons. The molecule has 0 amide bonds. The third-order valence-corrected chi connectivity index (χ3v) is 2.94. The number of carboxylic acid groups (broad SMARTS) is 1. The lowest BCUT2D eigenvalue weighted by molar-refractivity contribution is 0.0697. The van der Waals surface area contributed by atoms with Crippen molar-refractivity contribution in [1.82, 2.24) is 4.98 Å². The van der Waals surface area contributed by atoms with Crippen molar-refractivity contribution in [2.24, 2.45) is 0 Å². The van der Waals surface area contributed by atoms with E-state index in [2.05, 4.69) is 10.3 Å². The van der Waals surface area contributed by atoms with E-state index in [-0.39, 0.29) is 22.7 Å². The first-order chi connectivity index (χ1) is 7.56. The zero-order chi connectivity index (χ0) is 11.8. The second kappa shape index (κ2) is 3.92. The summed E-state index contributed by atoms with van der Waals surface area (Å²) >= 11 is 5.69. The standard InChI is InChI=1S/C10H11ClN2O3/c11-7-4-12-8(3-6(7)9(15)16)13-10(5-14)1-2-10/h3-4,14H,1-2,5H2,(H,12,13)(H,15,16). The van der Waals surface area contributed by atoms with Crippen molar-refractivity contribution in [3.05, 3.63) is 22.8 Å². The molecule has 5 nitrogen and oxygen atoms in total. The van der Waals surface area contributed by atoms with Gasteiger partial charge in [0.2, 0.25) is 0 Å². The number of rotatable bonds is 4. The van der Waals surface area contributed by atoms with Gasteiger partial charge in [-0.3, -0.25) is 0 Å². The Hall–Kier alpha value is -1.33. The Morgan fingerprint density at radius 3 is 2.81 bits per heavy atom. The van der Waals surface area contributed by atoms with E-state index in [4.69, 9.17) is 21.8 Å². The molecule has 1 saturated carbocycles. The molecule has 6 heteroatoms. The maximum Gasteiger partial charge on any atom is 0.337 e. The highest BCUT2D eigenvalue weighted by Gasteiger charge is 2.42.